The van der Waals surface area contributed by atoms with Crippen LogP contribution in [0, 0.1) is 13.8 Å². The Morgan fingerprint density at radius 2 is 1.57 bits per heavy atom. The molecule has 0 spiro atoms. The van der Waals surface area contributed by atoms with Gasteiger partial charge in [-0.05, 0) is 58.0 Å². The first-order chi connectivity index (χ1) is 14.6. The average molecular weight is 408 g/mol. The molecule has 0 aliphatic carbocycles. The van der Waals surface area contributed by atoms with E-state index in [1.807, 2.05) is 52.9 Å². The summed E-state index contributed by atoms with van der Waals surface area (Å²) in [5.41, 5.74) is 4.05. The molecule has 0 bridgehead atoms. The van der Waals surface area contributed by atoms with Gasteiger partial charge in [-0.25, -0.2) is 4.68 Å². The molecule has 2 aliphatic rings. The molecule has 0 saturated carbocycles. The van der Waals surface area contributed by atoms with E-state index in [9.17, 15) is 4.79 Å². The molecule has 4 rings (SSSR count). The average Bonchev–Trinajstić information content (AvgIpc) is 3.39. The molecule has 0 atom stereocenters. The van der Waals surface area contributed by atoms with Crippen molar-refractivity contribution in [2.45, 2.75) is 26.7 Å². The van der Waals surface area contributed by atoms with Gasteiger partial charge in [-0.3, -0.25) is 9.69 Å². The van der Waals surface area contributed by atoms with Crippen LogP contribution in [0.3, 0.4) is 0 Å². The summed E-state index contributed by atoms with van der Waals surface area (Å²) in [7, 11) is 0. The molecule has 6 heteroatoms. The third-order valence-corrected chi connectivity index (χ3v) is 6.36. The van der Waals surface area contributed by atoms with Crippen LogP contribution in [0.2, 0.25) is 0 Å². The van der Waals surface area contributed by atoms with Crippen molar-refractivity contribution in [2.75, 3.05) is 52.4 Å². The summed E-state index contributed by atoms with van der Waals surface area (Å²) in [6.07, 6.45) is 6.33. The molecule has 0 unspecified atom stereocenters. The van der Waals surface area contributed by atoms with Gasteiger partial charge < -0.3 is 9.80 Å². The third-order valence-electron chi connectivity index (χ3n) is 6.36. The van der Waals surface area contributed by atoms with Gasteiger partial charge >= 0.3 is 0 Å². The first kappa shape index (κ1) is 20.8. The molecule has 2 fully saturated rings. The Morgan fingerprint density at radius 3 is 2.23 bits per heavy atom. The van der Waals surface area contributed by atoms with Crippen molar-refractivity contribution in [2.24, 2.45) is 0 Å². The molecule has 1 aromatic heterocycles. The maximum absolute atomic E-state index is 12.7. The fourth-order valence-corrected chi connectivity index (χ4v) is 4.46. The minimum Gasteiger partial charge on any atom is -0.337 e. The number of aryl methyl sites for hydroxylation is 1. The molecule has 0 N–H and O–H groups in total. The van der Waals surface area contributed by atoms with Crippen molar-refractivity contribution in [1.82, 2.24) is 24.5 Å². The number of carbonyl (C=O) groups is 1. The third kappa shape index (κ3) is 4.82. The summed E-state index contributed by atoms with van der Waals surface area (Å²) < 4.78 is 1.94. The van der Waals surface area contributed by atoms with E-state index in [1.54, 1.807) is 6.08 Å². The lowest BCUT2D eigenvalue weighted by molar-refractivity contribution is -0.127. The Kier molecular flexibility index (Phi) is 6.65. The van der Waals surface area contributed by atoms with E-state index < -0.39 is 0 Å². The standard InChI is InChI=1S/C24H33N5O/c1-20-23(21(2)29(25-20)22-8-4-3-5-9-22)10-11-24(30)28-18-16-27(17-19-28)15-14-26-12-6-7-13-26/h3-5,8-11H,6-7,12-19H2,1-2H3. The summed E-state index contributed by atoms with van der Waals surface area (Å²) >= 11 is 0. The Labute approximate surface area is 179 Å². The Balaban J connectivity index is 1.32. The molecule has 0 radical (unpaired) electrons. The molecular weight excluding hydrogens is 374 g/mol. The van der Waals surface area contributed by atoms with Gasteiger partial charge in [0.2, 0.25) is 5.91 Å². The molecule has 6 nitrogen and oxygen atoms in total. The quantitative estimate of drug-likeness (QED) is 0.691. The summed E-state index contributed by atoms with van der Waals surface area (Å²) in [6, 6.07) is 10.1. The number of piperazine rings is 1. The van der Waals surface area contributed by atoms with Crippen molar-refractivity contribution in [3.8, 4) is 5.69 Å². The SMILES string of the molecule is Cc1nn(-c2ccccc2)c(C)c1C=CC(=O)N1CCN(CCN2CCCC2)CC1. The highest BCUT2D eigenvalue weighted by molar-refractivity contribution is 5.92. The minimum absolute atomic E-state index is 0.0976. The molecule has 2 aliphatic heterocycles. The first-order valence-electron chi connectivity index (χ1n) is 11.1. The number of carbonyl (C=O) groups excluding carboxylic acids is 1. The fourth-order valence-electron chi connectivity index (χ4n) is 4.46. The predicted molar refractivity (Wildman–Crippen MR) is 121 cm³/mol. The Bertz CT molecular complexity index is 875. The number of amides is 1. The number of aromatic nitrogens is 2. The van der Waals surface area contributed by atoms with Crippen LogP contribution in [0.1, 0.15) is 29.8 Å². The lowest BCUT2D eigenvalue weighted by Gasteiger charge is -2.35. The van der Waals surface area contributed by atoms with Crippen molar-refractivity contribution < 1.29 is 4.79 Å². The van der Waals surface area contributed by atoms with Crippen LogP contribution in [0.25, 0.3) is 11.8 Å². The smallest absolute Gasteiger partial charge is 0.246 e. The number of likely N-dealkylation sites (tertiary alicyclic amines) is 1. The number of nitrogens with zero attached hydrogens (tertiary/aromatic N) is 5. The Morgan fingerprint density at radius 1 is 0.933 bits per heavy atom. The Hall–Kier alpha value is -2.44. The van der Waals surface area contributed by atoms with E-state index in [2.05, 4.69) is 21.8 Å². The van der Waals surface area contributed by atoms with Gasteiger partial charge in [-0.15, -0.1) is 0 Å². The van der Waals surface area contributed by atoms with E-state index in [0.717, 1.165) is 61.9 Å². The minimum atomic E-state index is 0.0976. The number of hydrogen-bond acceptors (Lipinski definition) is 4. The largest absolute Gasteiger partial charge is 0.337 e. The van der Waals surface area contributed by atoms with E-state index in [4.69, 9.17) is 0 Å². The lowest BCUT2D eigenvalue weighted by Crippen LogP contribution is -2.49. The maximum Gasteiger partial charge on any atom is 0.246 e. The van der Waals surface area contributed by atoms with Crippen LogP contribution in [-0.4, -0.2) is 82.7 Å². The number of benzene rings is 1. The second-order valence-corrected chi connectivity index (χ2v) is 8.38. The number of para-hydroxylation sites is 1. The van der Waals surface area contributed by atoms with Crippen molar-refractivity contribution in [1.29, 1.82) is 0 Å². The topological polar surface area (TPSA) is 44.6 Å². The molecule has 1 aromatic carbocycles. The predicted octanol–water partition coefficient (Wildman–Crippen LogP) is 2.74. The van der Waals surface area contributed by atoms with E-state index in [0.29, 0.717) is 0 Å². The molecule has 3 heterocycles. The van der Waals surface area contributed by atoms with Gasteiger partial charge in [0.15, 0.2) is 0 Å². The summed E-state index contributed by atoms with van der Waals surface area (Å²) in [5, 5.41) is 4.66. The number of rotatable bonds is 6. The zero-order valence-corrected chi connectivity index (χ0v) is 18.3. The summed E-state index contributed by atoms with van der Waals surface area (Å²) in [5.74, 6) is 0.0976. The van der Waals surface area contributed by atoms with Gasteiger partial charge in [0, 0.05) is 56.6 Å². The molecule has 160 valence electrons. The second kappa shape index (κ2) is 9.58. The normalized spacial score (nSPS) is 18.5. The van der Waals surface area contributed by atoms with E-state index in [1.165, 1.54) is 25.9 Å². The van der Waals surface area contributed by atoms with Crippen molar-refractivity contribution in [3.63, 3.8) is 0 Å². The fraction of sp³-hybridized carbons (Fsp3) is 0.500. The molecule has 2 saturated heterocycles. The highest BCUT2D eigenvalue weighted by Crippen LogP contribution is 2.19. The van der Waals surface area contributed by atoms with Crippen molar-refractivity contribution in [3.05, 3.63) is 53.4 Å². The zero-order chi connectivity index (χ0) is 20.9. The lowest BCUT2D eigenvalue weighted by atomic mass is 10.1. The molecular formula is C24H33N5O. The van der Waals surface area contributed by atoms with Gasteiger partial charge in [-0.2, -0.15) is 5.10 Å². The van der Waals surface area contributed by atoms with Crippen LogP contribution in [0.5, 0.6) is 0 Å². The zero-order valence-electron chi connectivity index (χ0n) is 18.3. The monoisotopic (exact) mass is 407 g/mol. The van der Waals surface area contributed by atoms with Crippen LogP contribution >= 0.6 is 0 Å². The van der Waals surface area contributed by atoms with Crippen LogP contribution in [0.15, 0.2) is 36.4 Å². The van der Waals surface area contributed by atoms with Gasteiger partial charge in [0.25, 0.3) is 0 Å². The number of hydrogen-bond donors (Lipinski definition) is 0. The van der Waals surface area contributed by atoms with Crippen LogP contribution in [-0.2, 0) is 4.79 Å². The van der Waals surface area contributed by atoms with Gasteiger partial charge in [0.05, 0.1) is 11.4 Å². The van der Waals surface area contributed by atoms with Gasteiger partial charge in [0.1, 0.15) is 0 Å². The summed E-state index contributed by atoms with van der Waals surface area (Å²) in [4.78, 5) is 19.7. The van der Waals surface area contributed by atoms with Crippen LogP contribution in [0.4, 0.5) is 0 Å². The molecule has 2 aromatic rings. The molecule has 1 amide bonds. The van der Waals surface area contributed by atoms with Crippen molar-refractivity contribution >= 4 is 12.0 Å². The van der Waals surface area contributed by atoms with Crippen LogP contribution < -0.4 is 0 Å². The van der Waals surface area contributed by atoms with Gasteiger partial charge in [-0.1, -0.05) is 18.2 Å². The van der Waals surface area contributed by atoms with E-state index in [-0.39, 0.29) is 5.91 Å². The summed E-state index contributed by atoms with van der Waals surface area (Å²) in [6.45, 7) is 12.4. The first-order valence-corrected chi connectivity index (χ1v) is 11.1. The maximum atomic E-state index is 12.7. The highest BCUT2D eigenvalue weighted by Gasteiger charge is 2.21. The highest BCUT2D eigenvalue weighted by atomic mass is 16.2. The van der Waals surface area contributed by atoms with E-state index >= 15 is 0 Å². The molecule has 30 heavy (non-hydrogen) atoms. The second-order valence-electron chi connectivity index (χ2n) is 8.38.